The molecule has 3 rings (SSSR count). The van der Waals surface area contributed by atoms with Crippen molar-refractivity contribution < 1.29 is 19.1 Å². The van der Waals surface area contributed by atoms with Crippen LogP contribution in [-0.4, -0.2) is 30.0 Å². The highest BCUT2D eigenvalue weighted by Crippen LogP contribution is 2.26. The minimum absolute atomic E-state index is 0.278. The number of aryl methyl sites for hydroxylation is 3. The van der Waals surface area contributed by atoms with Crippen molar-refractivity contribution in [1.29, 1.82) is 5.26 Å². The molecule has 0 aliphatic heterocycles. The molecule has 0 saturated heterocycles. The van der Waals surface area contributed by atoms with E-state index in [0.29, 0.717) is 10.8 Å². The molecule has 1 atom stereocenters. The number of esters is 1. The number of Topliss-reactive ketones (excluding diaryl/α,β-unsaturated/α-hetero) is 1. The number of ketones is 1. The summed E-state index contributed by atoms with van der Waals surface area (Å²) >= 11 is 1.24. The maximum atomic E-state index is 12.1. The second-order valence-electron chi connectivity index (χ2n) is 6.09. The zero-order valence-electron chi connectivity index (χ0n) is 14.4. The van der Waals surface area contributed by atoms with E-state index >= 15 is 0 Å². The molecule has 0 radical (unpaired) electrons. The third kappa shape index (κ3) is 4.27. The number of hydrogen-bond donors (Lipinski definition) is 0. The van der Waals surface area contributed by atoms with Gasteiger partial charge in [0.2, 0.25) is 0 Å². The molecule has 1 aromatic heterocycles. The fourth-order valence-electron chi connectivity index (χ4n) is 2.83. The van der Waals surface area contributed by atoms with Gasteiger partial charge in [-0.15, -0.1) is 11.3 Å². The van der Waals surface area contributed by atoms with Crippen molar-refractivity contribution in [3.8, 4) is 11.8 Å². The highest BCUT2D eigenvalue weighted by atomic mass is 32.1. The molecule has 1 aliphatic rings. The Labute approximate surface area is 155 Å². The molecule has 7 heteroatoms. The summed E-state index contributed by atoms with van der Waals surface area (Å²) in [7, 11) is 0. The van der Waals surface area contributed by atoms with Crippen LogP contribution in [0.15, 0.2) is 23.6 Å². The maximum absolute atomic E-state index is 12.1. The number of aromatic nitrogens is 1. The number of benzene rings is 1. The van der Waals surface area contributed by atoms with Crippen molar-refractivity contribution in [2.75, 3.05) is 13.2 Å². The van der Waals surface area contributed by atoms with Gasteiger partial charge in [-0.2, -0.15) is 5.26 Å². The van der Waals surface area contributed by atoms with Crippen LogP contribution in [0.1, 0.15) is 34.2 Å². The second kappa shape index (κ2) is 8.11. The first-order valence-corrected chi connectivity index (χ1v) is 9.19. The molecule has 134 valence electrons. The lowest BCUT2D eigenvalue weighted by molar-refractivity contribution is -0.150. The van der Waals surface area contributed by atoms with Crippen molar-refractivity contribution in [3.05, 3.63) is 45.4 Å². The largest absolute Gasteiger partial charge is 0.482 e. The third-order valence-corrected chi connectivity index (χ3v) is 5.16. The first kappa shape index (κ1) is 18.1. The molecule has 0 amide bonds. The van der Waals surface area contributed by atoms with Gasteiger partial charge in [-0.25, -0.2) is 9.78 Å². The minimum atomic E-state index is -1.01. The molecule has 1 heterocycles. The molecule has 0 N–H and O–H groups in total. The Morgan fingerprint density at radius 3 is 2.85 bits per heavy atom. The maximum Gasteiger partial charge on any atom is 0.344 e. The minimum Gasteiger partial charge on any atom is -0.482 e. The number of rotatable bonds is 7. The standard InChI is InChI=1S/C19H18N2O4S/c1-12-11-26-19(21-12)16(8-20)17(22)9-25-18(23)10-24-15-6-5-13-3-2-4-14(13)7-15/h5-7,11,16H,2-4,9-10H2,1H3/t16-/m1/s1. The Kier molecular flexibility index (Phi) is 5.64. The highest BCUT2D eigenvalue weighted by Gasteiger charge is 2.24. The summed E-state index contributed by atoms with van der Waals surface area (Å²) in [5, 5.41) is 11.4. The molecule has 1 aromatic carbocycles. The van der Waals surface area contributed by atoms with Crippen LogP contribution in [0.3, 0.4) is 0 Å². The highest BCUT2D eigenvalue weighted by molar-refractivity contribution is 7.09. The fourth-order valence-corrected chi connectivity index (χ4v) is 3.69. The molecule has 1 aliphatic carbocycles. The van der Waals surface area contributed by atoms with E-state index in [1.54, 1.807) is 12.3 Å². The van der Waals surface area contributed by atoms with E-state index in [1.165, 1.54) is 22.5 Å². The summed E-state index contributed by atoms with van der Waals surface area (Å²) in [6.07, 6.45) is 3.25. The van der Waals surface area contributed by atoms with Crippen LogP contribution < -0.4 is 4.74 Å². The number of nitrogens with zero attached hydrogens (tertiary/aromatic N) is 2. The van der Waals surface area contributed by atoms with Gasteiger partial charge in [0.15, 0.2) is 24.9 Å². The number of ether oxygens (including phenoxy) is 2. The number of fused-ring (bicyclic) bond motifs is 1. The van der Waals surface area contributed by atoms with Gasteiger partial charge in [0, 0.05) is 11.1 Å². The Bertz CT molecular complexity index is 869. The van der Waals surface area contributed by atoms with Crippen LogP contribution in [0.4, 0.5) is 0 Å². The zero-order chi connectivity index (χ0) is 18.5. The Hall–Kier alpha value is -2.72. The molecular weight excluding hydrogens is 352 g/mol. The summed E-state index contributed by atoms with van der Waals surface area (Å²) in [5.74, 6) is -1.54. The van der Waals surface area contributed by atoms with E-state index in [9.17, 15) is 14.9 Å². The van der Waals surface area contributed by atoms with Crippen molar-refractivity contribution in [2.45, 2.75) is 32.1 Å². The predicted octanol–water partition coefficient (Wildman–Crippen LogP) is 2.74. The van der Waals surface area contributed by atoms with Gasteiger partial charge >= 0.3 is 5.97 Å². The Morgan fingerprint density at radius 1 is 1.31 bits per heavy atom. The van der Waals surface area contributed by atoms with E-state index in [2.05, 4.69) is 4.98 Å². The van der Waals surface area contributed by atoms with Gasteiger partial charge in [0.05, 0.1) is 6.07 Å². The number of thiazole rings is 1. The van der Waals surface area contributed by atoms with Crippen molar-refractivity contribution in [1.82, 2.24) is 4.98 Å². The Balaban J connectivity index is 1.47. The van der Waals surface area contributed by atoms with Crippen LogP contribution in [0.2, 0.25) is 0 Å². The van der Waals surface area contributed by atoms with Crippen LogP contribution in [-0.2, 0) is 27.2 Å². The van der Waals surface area contributed by atoms with E-state index in [4.69, 9.17) is 9.47 Å². The number of carbonyl (C=O) groups excluding carboxylic acids is 2. The molecular formula is C19H18N2O4S. The van der Waals surface area contributed by atoms with Gasteiger partial charge < -0.3 is 9.47 Å². The van der Waals surface area contributed by atoms with Crippen LogP contribution in [0.25, 0.3) is 0 Å². The number of hydrogen-bond acceptors (Lipinski definition) is 7. The molecule has 2 aromatic rings. The summed E-state index contributed by atoms with van der Waals surface area (Å²) in [6, 6.07) is 7.70. The lowest BCUT2D eigenvalue weighted by Crippen LogP contribution is -2.22. The van der Waals surface area contributed by atoms with E-state index in [-0.39, 0.29) is 6.61 Å². The van der Waals surface area contributed by atoms with E-state index < -0.39 is 24.3 Å². The smallest absolute Gasteiger partial charge is 0.344 e. The normalized spacial score (nSPS) is 13.5. The first-order chi connectivity index (χ1) is 12.6. The topological polar surface area (TPSA) is 89.3 Å². The van der Waals surface area contributed by atoms with Gasteiger partial charge in [-0.05, 0) is 49.4 Å². The van der Waals surface area contributed by atoms with Crippen LogP contribution >= 0.6 is 11.3 Å². The molecule has 6 nitrogen and oxygen atoms in total. The first-order valence-electron chi connectivity index (χ1n) is 8.31. The molecule has 0 unspecified atom stereocenters. The van der Waals surface area contributed by atoms with Gasteiger partial charge in [-0.1, -0.05) is 6.07 Å². The molecule has 26 heavy (non-hydrogen) atoms. The summed E-state index contributed by atoms with van der Waals surface area (Å²) in [5.41, 5.74) is 3.32. The predicted molar refractivity (Wildman–Crippen MR) is 95.1 cm³/mol. The lowest BCUT2D eigenvalue weighted by Gasteiger charge is -2.09. The SMILES string of the molecule is Cc1csc([C@H](C#N)C(=O)COC(=O)COc2ccc3c(c2)CCC3)n1. The van der Waals surface area contributed by atoms with Crippen LogP contribution in [0, 0.1) is 18.3 Å². The summed E-state index contributed by atoms with van der Waals surface area (Å²) in [6.45, 7) is 1.04. The van der Waals surface area contributed by atoms with Gasteiger partial charge in [0.1, 0.15) is 10.8 Å². The second-order valence-corrected chi connectivity index (χ2v) is 6.98. The van der Waals surface area contributed by atoms with E-state index in [1.807, 2.05) is 24.3 Å². The van der Waals surface area contributed by atoms with Gasteiger partial charge in [0.25, 0.3) is 0 Å². The lowest BCUT2D eigenvalue weighted by atomic mass is 10.1. The summed E-state index contributed by atoms with van der Waals surface area (Å²) < 4.78 is 10.4. The zero-order valence-corrected chi connectivity index (χ0v) is 15.2. The number of nitriles is 1. The van der Waals surface area contributed by atoms with Gasteiger partial charge in [-0.3, -0.25) is 4.79 Å². The van der Waals surface area contributed by atoms with Crippen molar-refractivity contribution in [3.63, 3.8) is 0 Å². The molecule has 0 bridgehead atoms. The Morgan fingerprint density at radius 2 is 2.12 bits per heavy atom. The van der Waals surface area contributed by atoms with Crippen LogP contribution in [0.5, 0.6) is 5.75 Å². The van der Waals surface area contributed by atoms with E-state index in [0.717, 1.165) is 25.0 Å². The average Bonchev–Trinajstić information content (AvgIpc) is 3.27. The molecule has 0 fully saturated rings. The third-order valence-electron chi connectivity index (χ3n) is 4.14. The quantitative estimate of drug-likeness (QED) is 0.696. The molecule has 0 spiro atoms. The number of carbonyl (C=O) groups is 2. The summed E-state index contributed by atoms with van der Waals surface area (Å²) in [4.78, 5) is 28.1. The van der Waals surface area contributed by atoms with Crippen molar-refractivity contribution >= 4 is 23.1 Å². The molecule has 0 saturated carbocycles. The average molecular weight is 370 g/mol. The van der Waals surface area contributed by atoms with Crippen molar-refractivity contribution in [2.24, 2.45) is 0 Å². The fraction of sp³-hybridized carbons (Fsp3) is 0.368. The monoisotopic (exact) mass is 370 g/mol.